The summed E-state index contributed by atoms with van der Waals surface area (Å²) in [4.78, 5) is 0. The number of aryl methyl sites for hydroxylation is 1. The average molecular weight is 224 g/mol. The highest BCUT2D eigenvalue weighted by atomic mass is 16.3. The minimum Gasteiger partial charge on any atom is -0.507 e. The highest BCUT2D eigenvalue weighted by molar-refractivity contribution is 5.94. The van der Waals surface area contributed by atoms with Crippen molar-refractivity contribution < 1.29 is 5.11 Å². The number of benzene rings is 2. The third-order valence-corrected chi connectivity index (χ3v) is 3.00. The lowest BCUT2D eigenvalue weighted by atomic mass is 10.0. The molecule has 0 saturated carbocycles. The molecule has 84 valence electrons. The number of rotatable bonds is 1. The van der Waals surface area contributed by atoms with Crippen molar-refractivity contribution in [2.45, 2.75) is 0 Å². The maximum absolute atomic E-state index is 10.3. The number of nitrogens with zero attached hydrogens (tertiary/aromatic N) is 2. The first kappa shape index (κ1) is 9.90. The molecule has 0 aliphatic rings. The molecule has 3 aromatic rings. The van der Waals surface area contributed by atoms with Gasteiger partial charge in [0.1, 0.15) is 5.75 Å². The van der Waals surface area contributed by atoms with Crippen molar-refractivity contribution >= 4 is 10.8 Å². The zero-order valence-corrected chi connectivity index (χ0v) is 9.46. The minimum atomic E-state index is 0.312. The Morgan fingerprint density at radius 3 is 2.65 bits per heavy atom. The molecular weight excluding hydrogens is 212 g/mol. The first-order valence-corrected chi connectivity index (χ1v) is 5.46. The number of phenols is 1. The van der Waals surface area contributed by atoms with Crippen LogP contribution in [0.5, 0.6) is 5.75 Å². The maximum atomic E-state index is 10.3. The molecule has 3 nitrogen and oxygen atoms in total. The van der Waals surface area contributed by atoms with Crippen LogP contribution < -0.4 is 0 Å². The quantitative estimate of drug-likeness (QED) is 0.690. The summed E-state index contributed by atoms with van der Waals surface area (Å²) in [5.74, 6) is 0.312. The molecule has 0 spiro atoms. The Morgan fingerprint density at radius 2 is 1.88 bits per heavy atom. The molecule has 17 heavy (non-hydrogen) atoms. The van der Waals surface area contributed by atoms with Gasteiger partial charge in [-0.3, -0.25) is 4.68 Å². The second-order valence-electron chi connectivity index (χ2n) is 4.02. The van der Waals surface area contributed by atoms with Crippen LogP contribution in [0.1, 0.15) is 0 Å². The van der Waals surface area contributed by atoms with Crippen molar-refractivity contribution in [3.05, 3.63) is 48.7 Å². The van der Waals surface area contributed by atoms with Crippen LogP contribution in [0.3, 0.4) is 0 Å². The lowest BCUT2D eigenvalue weighted by Gasteiger charge is -2.08. The first-order valence-electron chi connectivity index (χ1n) is 5.46. The lowest BCUT2D eigenvalue weighted by Crippen LogP contribution is -1.93. The van der Waals surface area contributed by atoms with Gasteiger partial charge >= 0.3 is 0 Å². The fourth-order valence-electron chi connectivity index (χ4n) is 2.10. The molecule has 1 heterocycles. The molecule has 0 aliphatic heterocycles. The van der Waals surface area contributed by atoms with E-state index in [0.29, 0.717) is 5.75 Å². The fourth-order valence-corrected chi connectivity index (χ4v) is 2.10. The highest BCUT2D eigenvalue weighted by Gasteiger charge is 2.10. The topological polar surface area (TPSA) is 38.0 Å². The molecular formula is C14H12N2O. The van der Waals surface area contributed by atoms with Crippen LogP contribution in [0.2, 0.25) is 0 Å². The summed E-state index contributed by atoms with van der Waals surface area (Å²) >= 11 is 0. The van der Waals surface area contributed by atoms with Gasteiger partial charge in [0.25, 0.3) is 0 Å². The van der Waals surface area contributed by atoms with Gasteiger partial charge in [0.15, 0.2) is 0 Å². The summed E-state index contributed by atoms with van der Waals surface area (Å²) in [5, 5.41) is 16.3. The van der Waals surface area contributed by atoms with Gasteiger partial charge in [0, 0.05) is 24.2 Å². The summed E-state index contributed by atoms with van der Waals surface area (Å²) < 4.78 is 1.75. The molecule has 3 rings (SSSR count). The van der Waals surface area contributed by atoms with Crippen molar-refractivity contribution in [3.8, 4) is 17.0 Å². The van der Waals surface area contributed by atoms with E-state index in [4.69, 9.17) is 0 Å². The number of fused-ring (bicyclic) bond motifs is 1. The Kier molecular flexibility index (Phi) is 2.11. The van der Waals surface area contributed by atoms with Gasteiger partial charge in [0.2, 0.25) is 0 Å². The van der Waals surface area contributed by atoms with E-state index in [9.17, 15) is 5.11 Å². The van der Waals surface area contributed by atoms with Crippen LogP contribution in [-0.2, 0) is 7.05 Å². The van der Waals surface area contributed by atoms with Crippen LogP contribution in [-0.4, -0.2) is 14.9 Å². The molecule has 1 aromatic heterocycles. The summed E-state index contributed by atoms with van der Waals surface area (Å²) in [6.45, 7) is 0. The largest absolute Gasteiger partial charge is 0.507 e. The van der Waals surface area contributed by atoms with Crippen molar-refractivity contribution in [1.29, 1.82) is 0 Å². The second kappa shape index (κ2) is 3.63. The molecule has 1 N–H and O–H groups in total. The van der Waals surface area contributed by atoms with E-state index in [-0.39, 0.29) is 0 Å². The van der Waals surface area contributed by atoms with E-state index in [1.165, 1.54) is 0 Å². The zero-order valence-electron chi connectivity index (χ0n) is 9.46. The van der Waals surface area contributed by atoms with Gasteiger partial charge in [-0.1, -0.05) is 30.3 Å². The molecule has 0 aliphatic carbocycles. The van der Waals surface area contributed by atoms with E-state index in [1.54, 1.807) is 10.9 Å². The van der Waals surface area contributed by atoms with Gasteiger partial charge in [-0.15, -0.1) is 0 Å². The minimum absolute atomic E-state index is 0.312. The monoisotopic (exact) mass is 224 g/mol. The predicted molar refractivity (Wildman–Crippen MR) is 67.8 cm³/mol. The van der Waals surface area contributed by atoms with E-state index < -0.39 is 0 Å². The van der Waals surface area contributed by atoms with Crippen LogP contribution in [0.25, 0.3) is 22.0 Å². The Hall–Kier alpha value is -2.29. The first-order chi connectivity index (χ1) is 8.27. The molecule has 3 heteroatoms. The number of aromatic hydroxyl groups is 1. The Bertz CT molecular complexity index is 686. The van der Waals surface area contributed by atoms with E-state index in [0.717, 1.165) is 22.0 Å². The number of aromatic nitrogens is 2. The van der Waals surface area contributed by atoms with Crippen LogP contribution in [0.15, 0.2) is 48.7 Å². The van der Waals surface area contributed by atoms with E-state index in [2.05, 4.69) is 5.10 Å². The van der Waals surface area contributed by atoms with Gasteiger partial charge in [0.05, 0.1) is 5.69 Å². The Morgan fingerprint density at radius 1 is 1.06 bits per heavy atom. The highest BCUT2D eigenvalue weighted by Crippen LogP contribution is 2.35. The predicted octanol–water partition coefficient (Wildman–Crippen LogP) is 2.95. The molecule has 0 amide bonds. The second-order valence-corrected chi connectivity index (χ2v) is 4.02. The van der Waals surface area contributed by atoms with Gasteiger partial charge in [-0.2, -0.15) is 5.10 Å². The van der Waals surface area contributed by atoms with Crippen molar-refractivity contribution in [3.63, 3.8) is 0 Å². The molecule has 0 unspecified atom stereocenters. The molecule has 0 atom stereocenters. The van der Waals surface area contributed by atoms with Crippen molar-refractivity contribution in [2.24, 2.45) is 7.05 Å². The van der Waals surface area contributed by atoms with E-state index in [1.807, 2.05) is 49.5 Å². The van der Waals surface area contributed by atoms with Crippen LogP contribution >= 0.6 is 0 Å². The smallest absolute Gasteiger partial charge is 0.132 e. The fraction of sp³-hybridized carbons (Fsp3) is 0.0714. The van der Waals surface area contributed by atoms with Gasteiger partial charge in [-0.25, -0.2) is 0 Å². The molecule has 2 aromatic carbocycles. The maximum Gasteiger partial charge on any atom is 0.132 e. The number of hydrogen-bond donors (Lipinski definition) is 1. The average Bonchev–Trinajstić information content (AvgIpc) is 2.76. The third-order valence-electron chi connectivity index (χ3n) is 3.00. The summed E-state index contributed by atoms with van der Waals surface area (Å²) in [6, 6.07) is 13.6. The molecule has 0 radical (unpaired) electrons. The Balaban J connectivity index is 2.32. The lowest BCUT2D eigenvalue weighted by molar-refractivity contribution is 0.483. The van der Waals surface area contributed by atoms with Crippen LogP contribution in [0.4, 0.5) is 0 Å². The van der Waals surface area contributed by atoms with Crippen molar-refractivity contribution in [1.82, 2.24) is 9.78 Å². The van der Waals surface area contributed by atoms with Gasteiger partial charge in [-0.05, 0) is 17.5 Å². The molecule has 0 saturated heterocycles. The Labute approximate surface area is 98.9 Å². The zero-order chi connectivity index (χ0) is 11.8. The third kappa shape index (κ3) is 1.47. The summed E-state index contributed by atoms with van der Waals surface area (Å²) in [6.07, 6.45) is 1.73. The molecule has 0 fully saturated rings. The summed E-state index contributed by atoms with van der Waals surface area (Å²) in [7, 11) is 1.87. The SMILES string of the molecule is Cn1nccc1-c1ccc2ccccc2c1O. The van der Waals surface area contributed by atoms with Crippen LogP contribution in [0, 0.1) is 0 Å². The number of phenolic OH excluding ortho intramolecular Hbond substituents is 1. The van der Waals surface area contributed by atoms with Crippen molar-refractivity contribution in [2.75, 3.05) is 0 Å². The van der Waals surface area contributed by atoms with Gasteiger partial charge < -0.3 is 5.11 Å². The summed E-state index contributed by atoms with van der Waals surface area (Å²) in [5.41, 5.74) is 1.72. The molecule has 0 bridgehead atoms. The standard InChI is InChI=1S/C14H12N2O/c1-16-13(8-9-15-16)12-7-6-10-4-2-3-5-11(10)14(12)17/h2-9,17H,1H3. The normalized spacial score (nSPS) is 10.9. The number of hydrogen-bond acceptors (Lipinski definition) is 2. The van der Waals surface area contributed by atoms with E-state index >= 15 is 0 Å².